The Labute approximate surface area is 123 Å². The fourth-order valence-corrected chi connectivity index (χ4v) is 3.82. The molecule has 1 atom stereocenters. The SMILES string of the molecule is NNC(CCC1CCCC1)c1cccc(C2CCC2)c1. The van der Waals surface area contributed by atoms with Crippen LogP contribution in [0, 0.1) is 5.92 Å². The van der Waals surface area contributed by atoms with Gasteiger partial charge in [0, 0.05) is 6.04 Å². The fourth-order valence-electron chi connectivity index (χ4n) is 3.82. The molecule has 2 aliphatic rings. The Bertz CT molecular complexity index is 419. The third kappa shape index (κ3) is 3.24. The van der Waals surface area contributed by atoms with Gasteiger partial charge < -0.3 is 0 Å². The van der Waals surface area contributed by atoms with Crippen molar-refractivity contribution in [1.82, 2.24) is 5.43 Å². The van der Waals surface area contributed by atoms with Crippen LogP contribution in [-0.4, -0.2) is 0 Å². The van der Waals surface area contributed by atoms with Crippen LogP contribution < -0.4 is 11.3 Å². The first-order chi connectivity index (χ1) is 9.86. The van der Waals surface area contributed by atoms with Gasteiger partial charge in [-0.25, -0.2) is 0 Å². The van der Waals surface area contributed by atoms with Crippen LogP contribution in [-0.2, 0) is 0 Å². The quantitative estimate of drug-likeness (QED) is 0.594. The fraction of sp³-hybridized carbons (Fsp3) is 0.667. The van der Waals surface area contributed by atoms with Crippen LogP contribution in [0.25, 0.3) is 0 Å². The Morgan fingerprint density at radius 1 is 1.10 bits per heavy atom. The summed E-state index contributed by atoms with van der Waals surface area (Å²) in [6.45, 7) is 0. The van der Waals surface area contributed by atoms with Crippen molar-refractivity contribution in [3.05, 3.63) is 35.4 Å². The molecule has 1 aromatic rings. The highest BCUT2D eigenvalue weighted by Gasteiger charge is 2.21. The maximum atomic E-state index is 5.81. The molecule has 0 radical (unpaired) electrons. The number of hydrazine groups is 1. The normalized spacial score (nSPS) is 21.9. The van der Waals surface area contributed by atoms with Crippen LogP contribution in [0.2, 0.25) is 0 Å². The van der Waals surface area contributed by atoms with E-state index < -0.39 is 0 Å². The second kappa shape index (κ2) is 6.73. The monoisotopic (exact) mass is 272 g/mol. The lowest BCUT2D eigenvalue weighted by molar-refractivity contribution is 0.410. The van der Waals surface area contributed by atoms with Gasteiger partial charge in [-0.15, -0.1) is 0 Å². The van der Waals surface area contributed by atoms with Gasteiger partial charge in [-0.3, -0.25) is 11.3 Å². The minimum Gasteiger partial charge on any atom is -0.271 e. The molecule has 2 saturated carbocycles. The van der Waals surface area contributed by atoms with E-state index in [1.165, 1.54) is 68.9 Å². The predicted molar refractivity (Wildman–Crippen MR) is 84.3 cm³/mol. The van der Waals surface area contributed by atoms with Crippen molar-refractivity contribution in [2.75, 3.05) is 0 Å². The summed E-state index contributed by atoms with van der Waals surface area (Å²) >= 11 is 0. The number of hydrogen-bond donors (Lipinski definition) is 2. The van der Waals surface area contributed by atoms with Crippen LogP contribution in [0.5, 0.6) is 0 Å². The molecular formula is C18H28N2. The van der Waals surface area contributed by atoms with Crippen LogP contribution in [0.1, 0.15) is 80.9 Å². The molecular weight excluding hydrogens is 244 g/mol. The van der Waals surface area contributed by atoms with Crippen molar-refractivity contribution < 1.29 is 0 Å². The van der Waals surface area contributed by atoms with Gasteiger partial charge in [0.15, 0.2) is 0 Å². The summed E-state index contributed by atoms with van der Waals surface area (Å²) in [5.41, 5.74) is 5.95. The molecule has 3 rings (SSSR count). The lowest BCUT2D eigenvalue weighted by atomic mass is 9.79. The molecule has 2 aliphatic carbocycles. The van der Waals surface area contributed by atoms with E-state index in [1.807, 2.05) is 0 Å². The number of nitrogens with two attached hydrogens (primary N) is 1. The highest BCUT2D eigenvalue weighted by Crippen LogP contribution is 2.37. The van der Waals surface area contributed by atoms with Crippen LogP contribution in [0.4, 0.5) is 0 Å². The van der Waals surface area contributed by atoms with Gasteiger partial charge >= 0.3 is 0 Å². The average Bonchev–Trinajstić information content (AvgIpc) is 2.91. The van der Waals surface area contributed by atoms with Crippen molar-refractivity contribution in [1.29, 1.82) is 0 Å². The third-order valence-corrected chi connectivity index (χ3v) is 5.43. The van der Waals surface area contributed by atoms with Crippen LogP contribution >= 0.6 is 0 Å². The van der Waals surface area contributed by atoms with Gasteiger partial charge in [0.05, 0.1) is 0 Å². The highest BCUT2D eigenvalue weighted by atomic mass is 15.2. The molecule has 2 fully saturated rings. The van der Waals surface area contributed by atoms with Crippen molar-refractivity contribution >= 4 is 0 Å². The average molecular weight is 272 g/mol. The van der Waals surface area contributed by atoms with E-state index in [0.29, 0.717) is 6.04 Å². The largest absolute Gasteiger partial charge is 0.271 e. The first kappa shape index (κ1) is 14.1. The lowest BCUT2D eigenvalue weighted by Gasteiger charge is -2.27. The molecule has 0 aliphatic heterocycles. The zero-order valence-corrected chi connectivity index (χ0v) is 12.5. The first-order valence-electron chi connectivity index (χ1n) is 8.43. The molecule has 3 N–H and O–H groups in total. The molecule has 0 spiro atoms. The number of hydrogen-bond acceptors (Lipinski definition) is 2. The summed E-state index contributed by atoms with van der Waals surface area (Å²) in [6, 6.07) is 9.46. The smallest absolute Gasteiger partial charge is 0.0460 e. The molecule has 2 nitrogen and oxygen atoms in total. The van der Waals surface area contributed by atoms with E-state index in [9.17, 15) is 0 Å². The zero-order chi connectivity index (χ0) is 13.8. The Morgan fingerprint density at radius 2 is 1.90 bits per heavy atom. The van der Waals surface area contributed by atoms with Gasteiger partial charge in [-0.1, -0.05) is 56.4 Å². The summed E-state index contributed by atoms with van der Waals surface area (Å²) in [4.78, 5) is 0. The predicted octanol–water partition coefficient (Wildman–Crippen LogP) is 4.43. The molecule has 2 heteroatoms. The van der Waals surface area contributed by atoms with Crippen molar-refractivity contribution in [2.45, 2.75) is 69.7 Å². The lowest BCUT2D eigenvalue weighted by Crippen LogP contribution is -2.28. The number of benzene rings is 1. The molecule has 20 heavy (non-hydrogen) atoms. The molecule has 0 heterocycles. The summed E-state index contributed by atoms with van der Waals surface area (Å²) < 4.78 is 0. The second-order valence-electron chi connectivity index (χ2n) is 6.75. The van der Waals surface area contributed by atoms with Gasteiger partial charge in [0.2, 0.25) is 0 Å². The van der Waals surface area contributed by atoms with E-state index in [4.69, 9.17) is 5.84 Å². The van der Waals surface area contributed by atoms with Crippen LogP contribution in [0.15, 0.2) is 24.3 Å². The molecule has 0 bridgehead atoms. The van der Waals surface area contributed by atoms with E-state index in [0.717, 1.165) is 11.8 Å². The minimum atomic E-state index is 0.329. The molecule has 1 aromatic carbocycles. The minimum absolute atomic E-state index is 0.329. The third-order valence-electron chi connectivity index (χ3n) is 5.43. The second-order valence-corrected chi connectivity index (χ2v) is 6.75. The van der Waals surface area contributed by atoms with Gasteiger partial charge in [0.1, 0.15) is 0 Å². The highest BCUT2D eigenvalue weighted by molar-refractivity contribution is 5.29. The van der Waals surface area contributed by atoms with Crippen molar-refractivity contribution in [2.24, 2.45) is 11.8 Å². The van der Waals surface area contributed by atoms with E-state index in [2.05, 4.69) is 29.7 Å². The summed E-state index contributed by atoms with van der Waals surface area (Å²) in [6.07, 6.45) is 12.4. The van der Waals surface area contributed by atoms with Crippen LogP contribution in [0.3, 0.4) is 0 Å². The van der Waals surface area contributed by atoms with E-state index >= 15 is 0 Å². The van der Waals surface area contributed by atoms with Crippen molar-refractivity contribution in [3.63, 3.8) is 0 Å². The van der Waals surface area contributed by atoms with Crippen molar-refractivity contribution in [3.8, 4) is 0 Å². The Kier molecular flexibility index (Phi) is 4.74. The van der Waals surface area contributed by atoms with E-state index in [1.54, 1.807) is 0 Å². The number of nitrogens with one attached hydrogen (secondary N) is 1. The first-order valence-corrected chi connectivity index (χ1v) is 8.43. The van der Waals surface area contributed by atoms with E-state index in [-0.39, 0.29) is 0 Å². The van der Waals surface area contributed by atoms with Gasteiger partial charge in [-0.05, 0) is 48.6 Å². The zero-order valence-electron chi connectivity index (χ0n) is 12.5. The summed E-state index contributed by atoms with van der Waals surface area (Å²) in [5.74, 6) is 7.57. The maximum Gasteiger partial charge on any atom is 0.0460 e. The topological polar surface area (TPSA) is 38.0 Å². The molecule has 110 valence electrons. The summed E-state index contributed by atoms with van der Waals surface area (Å²) in [5, 5.41) is 0. The Balaban J connectivity index is 1.61. The number of rotatable bonds is 6. The van der Waals surface area contributed by atoms with Gasteiger partial charge in [0.25, 0.3) is 0 Å². The Morgan fingerprint density at radius 3 is 2.55 bits per heavy atom. The molecule has 0 aromatic heterocycles. The van der Waals surface area contributed by atoms with Gasteiger partial charge in [-0.2, -0.15) is 0 Å². The molecule has 0 saturated heterocycles. The standard InChI is InChI=1S/C18H28N2/c19-20-18(12-11-14-5-1-2-6-14)17-10-4-9-16(13-17)15-7-3-8-15/h4,9-10,13-15,18,20H,1-3,5-8,11-12,19H2. The summed E-state index contributed by atoms with van der Waals surface area (Å²) in [7, 11) is 0. The molecule has 0 amide bonds. The maximum absolute atomic E-state index is 5.81. The molecule has 1 unspecified atom stereocenters. The Hall–Kier alpha value is -0.860.